The molecule has 0 aliphatic carbocycles. The second-order valence-corrected chi connectivity index (χ2v) is 4.30. The second-order valence-electron chi connectivity index (χ2n) is 4.30. The van der Waals surface area contributed by atoms with Gasteiger partial charge in [0.25, 0.3) is 0 Å². The molecule has 0 fully saturated rings. The van der Waals surface area contributed by atoms with Crippen LogP contribution in [-0.4, -0.2) is 15.8 Å². The zero-order valence-electron chi connectivity index (χ0n) is 10.3. The fourth-order valence-electron chi connectivity index (χ4n) is 2.16. The van der Waals surface area contributed by atoms with Gasteiger partial charge in [-0.1, -0.05) is 20.3 Å². The summed E-state index contributed by atoms with van der Waals surface area (Å²) in [6, 6.07) is 2.68. The first-order chi connectivity index (χ1) is 7.10. The van der Waals surface area contributed by atoms with Crippen molar-refractivity contribution in [3.8, 4) is 0 Å². The van der Waals surface area contributed by atoms with E-state index >= 15 is 0 Å². The maximum absolute atomic E-state index is 6.19. The highest BCUT2D eigenvalue weighted by Crippen LogP contribution is 2.19. The molecule has 0 spiro atoms. The van der Waals surface area contributed by atoms with Crippen LogP contribution in [0.1, 0.15) is 50.5 Å². The van der Waals surface area contributed by atoms with Gasteiger partial charge in [0.15, 0.2) is 0 Å². The van der Waals surface area contributed by atoms with Gasteiger partial charge >= 0.3 is 0 Å². The zero-order chi connectivity index (χ0) is 11.4. The van der Waals surface area contributed by atoms with Gasteiger partial charge in [0, 0.05) is 11.7 Å². The highest BCUT2D eigenvalue weighted by molar-refractivity contribution is 5.08. The molecule has 86 valence electrons. The van der Waals surface area contributed by atoms with Crippen molar-refractivity contribution in [2.45, 2.75) is 59.0 Å². The van der Waals surface area contributed by atoms with E-state index in [0.29, 0.717) is 6.04 Å². The summed E-state index contributed by atoms with van der Waals surface area (Å²) in [5, 5.41) is 4.52. The van der Waals surface area contributed by atoms with Gasteiger partial charge in [-0.15, -0.1) is 0 Å². The van der Waals surface area contributed by atoms with E-state index in [9.17, 15) is 0 Å². The number of rotatable bonds is 5. The number of hydrogen-bond acceptors (Lipinski definition) is 2. The summed E-state index contributed by atoms with van der Waals surface area (Å²) in [5.41, 5.74) is 8.48. The molecule has 0 amide bonds. The normalized spacial score (nSPS) is 15.3. The Morgan fingerprint density at radius 1 is 1.40 bits per heavy atom. The molecule has 2 unspecified atom stereocenters. The van der Waals surface area contributed by atoms with E-state index in [1.54, 1.807) is 0 Å². The van der Waals surface area contributed by atoms with Crippen LogP contribution < -0.4 is 5.73 Å². The molecule has 0 bridgehead atoms. The van der Waals surface area contributed by atoms with E-state index < -0.39 is 0 Å². The van der Waals surface area contributed by atoms with E-state index in [1.165, 1.54) is 5.69 Å². The lowest BCUT2D eigenvalue weighted by molar-refractivity contribution is 0.344. The van der Waals surface area contributed by atoms with Crippen LogP contribution >= 0.6 is 0 Å². The summed E-state index contributed by atoms with van der Waals surface area (Å²) >= 11 is 0. The van der Waals surface area contributed by atoms with Crippen LogP contribution in [0.4, 0.5) is 0 Å². The Morgan fingerprint density at radius 3 is 2.47 bits per heavy atom. The summed E-state index contributed by atoms with van der Waals surface area (Å²) in [6.45, 7) is 8.48. The Hall–Kier alpha value is -0.830. The van der Waals surface area contributed by atoms with Crippen molar-refractivity contribution in [2.24, 2.45) is 5.73 Å². The summed E-state index contributed by atoms with van der Waals surface area (Å²) in [7, 11) is 0. The number of nitrogens with zero attached hydrogens (tertiary/aromatic N) is 2. The molecular weight excluding hydrogens is 186 g/mol. The molecule has 1 aromatic rings. The monoisotopic (exact) mass is 209 g/mol. The average molecular weight is 209 g/mol. The van der Waals surface area contributed by atoms with E-state index in [1.807, 2.05) is 6.92 Å². The Labute approximate surface area is 92.7 Å². The fraction of sp³-hybridized carbons (Fsp3) is 0.750. The van der Waals surface area contributed by atoms with Gasteiger partial charge in [-0.3, -0.25) is 4.68 Å². The molecule has 0 radical (unpaired) electrons. The zero-order valence-corrected chi connectivity index (χ0v) is 10.3. The Bertz CT molecular complexity index is 304. The highest BCUT2D eigenvalue weighted by Gasteiger charge is 2.19. The van der Waals surface area contributed by atoms with Gasteiger partial charge in [-0.25, -0.2) is 0 Å². The molecule has 0 aromatic carbocycles. The van der Waals surface area contributed by atoms with Crippen molar-refractivity contribution in [3.63, 3.8) is 0 Å². The maximum Gasteiger partial charge on any atom is 0.0670 e. The maximum atomic E-state index is 6.19. The van der Waals surface area contributed by atoms with E-state index in [2.05, 4.69) is 36.6 Å². The molecule has 1 heterocycles. The minimum atomic E-state index is 0.220. The van der Waals surface area contributed by atoms with Crippen LogP contribution in [0.15, 0.2) is 6.07 Å². The van der Waals surface area contributed by atoms with Crippen molar-refractivity contribution in [1.29, 1.82) is 0 Å². The van der Waals surface area contributed by atoms with Gasteiger partial charge in [0.1, 0.15) is 0 Å². The number of hydrogen-bond donors (Lipinski definition) is 1. The van der Waals surface area contributed by atoms with Crippen molar-refractivity contribution in [3.05, 3.63) is 17.5 Å². The first-order valence-electron chi connectivity index (χ1n) is 5.88. The first-order valence-corrected chi connectivity index (χ1v) is 5.88. The highest BCUT2D eigenvalue weighted by atomic mass is 15.3. The topological polar surface area (TPSA) is 43.8 Å². The van der Waals surface area contributed by atoms with Crippen LogP contribution in [0.5, 0.6) is 0 Å². The molecule has 2 atom stereocenters. The number of aromatic nitrogens is 2. The molecule has 1 rings (SSSR count). The largest absolute Gasteiger partial charge is 0.326 e. The van der Waals surface area contributed by atoms with Gasteiger partial charge in [0.2, 0.25) is 0 Å². The van der Waals surface area contributed by atoms with Gasteiger partial charge < -0.3 is 5.73 Å². The van der Waals surface area contributed by atoms with E-state index in [4.69, 9.17) is 5.73 Å². The lowest BCUT2D eigenvalue weighted by Gasteiger charge is -2.24. The third-order valence-corrected chi connectivity index (χ3v) is 2.89. The Balaban J connectivity index is 2.86. The molecule has 0 saturated heterocycles. The van der Waals surface area contributed by atoms with Crippen molar-refractivity contribution in [1.82, 2.24) is 9.78 Å². The van der Waals surface area contributed by atoms with Gasteiger partial charge in [-0.05, 0) is 32.8 Å². The first kappa shape index (κ1) is 12.2. The quantitative estimate of drug-likeness (QED) is 0.810. The van der Waals surface area contributed by atoms with Crippen LogP contribution in [0, 0.1) is 13.8 Å². The summed E-state index contributed by atoms with van der Waals surface area (Å²) in [5.74, 6) is 0. The minimum absolute atomic E-state index is 0.220. The Morgan fingerprint density at radius 2 is 2.07 bits per heavy atom. The third kappa shape index (κ3) is 2.81. The molecular formula is C12H23N3. The summed E-state index contributed by atoms with van der Waals surface area (Å²) < 4.78 is 2.09. The summed E-state index contributed by atoms with van der Waals surface area (Å²) in [6.07, 6.45) is 3.25. The van der Waals surface area contributed by atoms with Crippen LogP contribution in [0.25, 0.3) is 0 Å². The van der Waals surface area contributed by atoms with Gasteiger partial charge in [0.05, 0.1) is 11.7 Å². The lowest BCUT2D eigenvalue weighted by Crippen LogP contribution is -2.33. The number of nitrogens with two attached hydrogens (primary N) is 1. The predicted molar refractivity (Wildman–Crippen MR) is 63.9 cm³/mol. The molecule has 1 aromatic heterocycles. The van der Waals surface area contributed by atoms with E-state index in [-0.39, 0.29) is 6.04 Å². The standard InChI is InChI=1S/C12H23N3/c1-5-7-11(13)12(6-2)15-10(4)8-9(3)14-15/h8,11-12H,5-7,13H2,1-4H3. The smallest absolute Gasteiger partial charge is 0.0670 e. The second kappa shape index (κ2) is 5.31. The number of aryl methyl sites for hydroxylation is 2. The predicted octanol–water partition coefficient (Wildman–Crippen LogP) is 2.58. The van der Waals surface area contributed by atoms with Crippen LogP contribution in [0.3, 0.4) is 0 Å². The minimum Gasteiger partial charge on any atom is -0.326 e. The fourth-order valence-corrected chi connectivity index (χ4v) is 2.16. The molecule has 2 N–H and O–H groups in total. The molecule has 0 saturated carbocycles. The molecule has 0 aliphatic rings. The molecule has 0 aliphatic heterocycles. The average Bonchev–Trinajstić information content (AvgIpc) is 2.47. The third-order valence-electron chi connectivity index (χ3n) is 2.89. The van der Waals surface area contributed by atoms with Crippen molar-refractivity contribution in [2.75, 3.05) is 0 Å². The van der Waals surface area contributed by atoms with Crippen LogP contribution in [0.2, 0.25) is 0 Å². The molecule has 3 nitrogen and oxygen atoms in total. The van der Waals surface area contributed by atoms with Gasteiger partial charge in [-0.2, -0.15) is 5.10 Å². The Kier molecular flexibility index (Phi) is 4.33. The lowest BCUT2D eigenvalue weighted by atomic mass is 10.0. The van der Waals surface area contributed by atoms with E-state index in [0.717, 1.165) is 25.0 Å². The van der Waals surface area contributed by atoms with Crippen LogP contribution in [-0.2, 0) is 0 Å². The summed E-state index contributed by atoms with van der Waals surface area (Å²) in [4.78, 5) is 0. The molecule has 15 heavy (non-hydrogen) atoms. The SMILES string of the molecule is CCCC(N)C(CC)n1nc(C)cc1C. The molecule has 3 heteroatoms. The van der Waals surface area contributed by atoms with Crippen molar-refractivity contribution >= 4 is 0 Å². The van der Waals surface area contributed by atoms with Crippen molar-refractivity contribution < 1.29 is 0 Å².